The van der Waals surface area contributed by atoms with E-state index < -0.39 is 17.1 Å². The Balaban J connectivity index is 2.38. The first-order valence-corrected chi connectivity index (χ1v) is 4.11. The zero-order chi connectivity index (χ0) is 10.1. The van der Waals surface area contributed by atoms with Crippen LogP contribution in [0.1, 0.15) is 15.9 Å². The van der Waals surface area contributed by atoms with Crippen LogP contribution in [0, 0.1) is 10.1 Å². The van der Waals surface area contributed by atoms with E-state index in [1.54, 1.807) is 24.3 Å². The molecule has 2 rings (SSSR count). The lowest BCUT2D eigenvalue weighted by atomic mass is 10.0. The second-order valence-electron chi connectivity index (χ2n) is 3.01. The summed E-state index contributed by atoms with van der Waals surface area (Å²) in [6, 6.07) is 6.75. The fraction of sp³-hybridized carbons (Fsp3) is 0.222. The predicted molar refractivity (Wildman–Crippen MR) is 46.3 cm³/mol. The molecule has 0 spiro atoms. The predicted octanol–water partition coefficient (Wildman–Crippen LogP) is 1.00. The van der Waals surface area contributed by atoms with Crippen molar-refractivity contribution >= 4 is 5.97 Å². The van der Waals surface area contributed by atoms with E-state index in [4.69, 9.17) is 0 Å². The third-order valence-electron chi connectivity index (χ3n) is 2.11. The van der Waals surface area contributed by atoms with Crippen molar-refractivity contribution in [1.82, 2.24) is 0 Å². The van der Waals surface area contributed by atoms with Gasteiger partial charge in [-0.05, 0) is 11.6 Å². The number of carbonyl (C=O) groups excluding carboxylic acids is 1. The van der Waals surface area contributed by atoms with Gasteiger partial charge in [-0.2, -0.15) is 0 Å². The summed E-state index contributed by atoms with van der Waals surface area (Å²) in [7, 11) is 0. The van der Waals surface area contributed by atoms with Crippen molar-refractivity contribution in [3.8, 4) is 0 Å². The van der Waals surface area contributed by atoms with E-state index in [0.717, 1.165) is 0 Å². The largest absolute Gasteiger partial charge is 0.394 e. The van der Waals surface area contributed by atoms with Crippen LogP contribution in [0.5, 0.6) is 0 Å². The number of nitrogens with zero attached hydrogens (tertiary/aromatic N) is 1. The minimum atomic E-state index is -1.24. The minimum Gasteiger partial charge on any atom is -0.394 e. The smallest absolute Gasteiger partial charge is 0.360 e. The van der Waals surface area contributed by atoms with Crippen LogP contribution in [0.2, 0.25) is 0 Å². The van der Waals surface area contributed by atoms with Gasteiger partial charge in [0, 0.05) is 0 Å². The molecular formula is C9H7NO4. The summed E-state index contributed by atoms with van der Waals surface area (Å²) in [5.74, 6) is -0.617. The number of ether oxygens (including phenoxy) is 1. The van der Waals surface area contributed by atoms with E-state index in [1.165, 1.54) is 0 Å². The summed E-state index contributed by atoms with van der Waals surface area (Å²) in [5, 5.41) is 10.4. The summed E-state index contributed by atoms with van der Waals surface area (Å²) < 4.78 is 4.64. The topological polar surface area (TPSA) is 69.4 Å². The van der Waals surface area contributed by atoms with Crippen molar-refractivity contribution in [2.45, 2.75) is 12.6 Å². The zero-order valence-corrected chi connectivity index (χ0v) is 7.17. The highest BCUT2D eigenvalue weighted by Crippen LogP contribution is 2.20. The van der Waals surface area contributed by atoms with Crippen LogP contribution in [0.3, 0.4) is 0 Å². The van der Waals surface area contributed by atoms with Crippen molar-refractivity contribution in [3.63, 3.8) is 0 Å². The number of rotatable bonds is 1. The lowest BCUT2D eigenvalue weighted by molar-refractivity contribution is -0.567. The molecule has 72 valence electrons. The van der Waals surface area contributed by atoms with Gasteiger partial charge in [0.15, 0.2) is 0 Å². The molecule has 0 saturated carbocycles. The zero-order valence-electron chi connectivity index (χ0n) is 7.17. The normalized spacial score (nSPS) is 19.7. The van der Waals surface area contributed by atoms with Crippen LogP contribution >= 0.6 is 0 Å². The summed E-state index contributed by atoms with van der Waals surface area (Å²) in [5.41, 5.74) is 1.09. The van der Waals surface area contributed by atoms with Crippen molar-refractivity contribution in [2.75, 3.05) is 0 Å². The quantitative estimate of drug-likeness (QED) is 0.379. The minimum absolute atomic E-state index is 0.148. The lowest BCUT2D eigenvalue weighted by Crippen LogP contribution is -2.33. The van der Waals surface area contributed by atoms with Gasteiger partial charge in [0.05, 0.1) is 16.9 Å². The number of nitro groups is 1. The molecule has 0 aromatic heterocycles. The van der Waals surface area contributed by atoms with Gasteiger partial charge >= 0.3 is 12.2 Å². The van der Waals surface area contributed by atoms with Crippen molar-refractivity contribution in [3.05, 3.63) is 45.5 Å². The Morgan fingerprint density at radius 1 is 1.43 bits per heavy atom. The standard InChI is InChI=1S/C9H7NO4/c11-9-7-4-2-1-3-6(7)5-8(14-9)10(12)13/h1-4,8H,5H2. The van der Waals surface area contributed by atoms with E-state index in [1.807, 2.05) is 0 Å². The fourth-order valence-electron chi connectivity index (χ4n) is 1.43. The fourth-order valence-corrected chi connectivity index (χ4v) is 1.43. The first-order chi connectivity index (χ1) is 6.68. The van der Waals surface area contributed by atoms with Crippen LogP contribution in [0.4, 0.5) is 0 Å². The van der Waals surface area contributed by atoms with Crippen LogP contribution in [0.15, 0.2) is 24.3 Å². The van der Waals surface area contributed by atoms with Gasteiger partial charge in [0.1, 0.15) is 0 Å². The average molecular weight is 193 g/mol. The van der Waals surface area contributed by atoms with Gasteiger partial charge < -0.3 is 4.74 Å². The molecule has 1 aliphatic heterocycles. The number of cyclic esters (lactones) is 1. The van der Waals surface area contributed by atoms with Gasteiger partial charge in [-0.1, -0.05) is 18.2 Å². The Bertz CT molecular complexity index is 402. The second-order valence-corrected chi connectivity index (χ2v) is 3.01. The molecule has 0 amide bonds. The van der Waals surface area contributed by atoms with Gasteiger partial charge in [-0.15, -0.1) is 0 Å². The van der Waals surface area contributed by atoms with Gasteiger partial charge in [-0.3, -0.25) is 10.1 Å². The molecule has 0 bridgehead atoms. The molecule has 5 heteroatoms. The highest BCUT2D eigenvalue weighted by molar-refractivity contribution is 5.92. The van der Waals surface area contributed by atoms with E-state index in [0.29, 0.717) is 11.1 Å². The molecule has 0 saturated heterocycles. The second kappa shape index (κ2) is 3.10. The summed E-state index contributed by atoms with van der Waals surface area (Å²) in [6.07, 6.45) is -1.09. The first-order valence-electron chi connectivity index (χ1n) is 4.11. The van der Waals surface area contributed by atoms with E-state index in [9.17, 15) is 14.9 Å². The Labute approximate surface area is 79.4 Å². The van der Waals surface area contributed by atoms with E-state index in [2.05, 4.69) is 4.74 Å². The number of hydrogen-bond acceptors (Lipinski definition) is 4. The summed E-state index contributed by atoms with van der Waals surface area (Å²) in [4.78, 5) is 21.1. The Kier molecular flexibility index (Phi) is 1.92. The van der Waals surface area contributed by atoms with E-state index in [-0.39, 0.29) is 6.42 Å². The van der Waals surface area contributed by atoms with Gasteiger partial charge in [0.25, 0.3) is 0 Å². The molecule has 1 atom stereocenters. The molecule has 1 aromatic carbocycles. The molecule has 5 nitrogen and oxygen atoms in total. The molecule has 1 aromatic rings. The Morgan fingerprint density at radius 2 is 2.14 bits per heavy atom. The van der Waals surface area contributed by atoms with Crippen LogP contribution in [0.25, 0.3) is 0 Å². The molecule has 1 unspecified atom stereocenters. The first kappa shape index (κ1) is 8.68. The maximum Gasteiger partial charge on any atom is 0.360 e. The number of fused-ring (bicyclic) bond motifs is 1. The highest BCUT2D eigenvalue weighted by atomic mass is 16.7. The summed E-state index contributed by atoms with van der Waals surface area (Å²) in [6.45, 7) is 0. The highest BCUT2D eigenvalue weighted by Gasteiger charge is 2.32. The average Bonchev–Trinajstić information content (AvgIpc) is 2.17. The molecule has 0 aliphatic carbocycles. The molecule has 1 heterocycles. The van der Waals surface area contributed by atoms with Crippen molar-refractivity contribution in [2.24, 2.45) is 0 Å². The molecular weight excluding hydrogens is 186 g/mol. The maximum atomic E-state index is 11.3. The molecule has 14 heavy (non-hydrogen) atoms. The van der Waals surface area contributed by atoms with Crippen LogP contribution in [-0.2, 0) is 11.2 Å². The Morgan fingerprint density at radius 3 is 2.86 bits per heavy atom. The van der Waals surface area contributed by atoms with Gasteiger partial charge in [-0.25, -0.2) is 4.79 Å². The van der Waals surface area contributed by atoms with Crippen LogP contribution in [-0.4, -0.2) is 17.1 Å². The maximum absolute atomic E-state index is 11.3. The Hall–Kier alpha value is -1.91. The number of benzene rings is 1. The summed E-state index contributed by atoms with van der Waals surface area (Å²) >= 11 is 0. The lowest BCUT2D eigenvalue weighted by Gasteiger charge is -2.18. The number of carbonyl (C=O) groups is 1. The SMILES string of the molecule is O=C1OC([N+](=O)[O-])Cc2ccccc21. The molecule has 1 aliphatic rings. The van der Waals surface area contributed by atoms with Crippen molar-refractivity contribution < 1.29 is 14.5 Å². The monoisotopic (exact) mass is 193 g/mol. The van der Waals surface area contributed by atoms with E-state index >= 15 is 0 Å². The molecule has 0 fully saturated rings. The third kappa shape index (κ3) is 1.32. The van der Waals surface area contributed by atoms with Crippen molar-refractivity contribution in [1.29, 1.82) is 0 Å². The molecule has 0 radical (unpaired) electrons. The number of esters is 1. The van der Waals surface area contributed by atoms with Gasteiger partial charge in [0.2, 0.25) is 0 Å². The number of hydrogen-bond donors (Lipinski definition) is 0. The molecule has 0 N–H and O–H groups in total. The third-order valence-corrected chi connectivity index (χ3v) is 2.11. The van der Waals surface area contributed by atoms with Crippen LogP contribution < -0.4 is 0 Å².